The second-order valence-electron chi connectivity index (χ2n) is 6.49. The van der Waals surface area contributed by atoms with Gasteiger partial charge in [-0.05, 0) is 31.3 Å². The topological polar surface area (TPSA) is 12.0 Å². The van der Waals surface area contributed by atoms with Crippen molar-refractivity contribution in [2.24, 2.45) is 7.05 Å². The molecule has 4 rings (SSSR count). The third-order valence-corrected chi connectivity index (χ3v) is 5.11. The lowest BCUT2D eigenvalue weighted by molar-refractivity contribution is -0.527. The summed E-state index contributed by atoms with van der Waals surface area (Å²) in [5, 5.41) is 0. The maximum absolute atomic E-state index is 2.65. The van der Waals surface area contributed by atoms with E-state index in [9.17, 15) is 0 Å². The summed E-state index contributed by atoms with van der Waals surface area (Å²) >= 11 is 0. The van der Waals surface area contributed by atoms with Gasteiger partial charge in [0.2, 0.25) is 0 Å². The van der Waals surface area contributed by atoms with Gasteiger partial charge < -0.3 is 4.81 Å². The summed E-state index contributed by atoms with van der Waals surface area (Å²) in [7, 11) is 2.17. The number of benzene rings is 1. The highest BCUT2D eigenvalue weighted by atomic mass is 15.2. The quantitative estimate of drug-likeness (QED) is 0.676. The van der Waals surface area contributed by atoms with Gasteiger partial charge in [0.15, 0.2) is 0 Å². The molecule has 1 saturated heterocycles. The molecule has 2 aliphatic heterocycles. The Labute approximate surface area is 127 Å². The summed E-state index contributed by atoms with van der Waals surface area (Å²) in [4.78, 5) is 2.65. The molecule has 1 aromatic carbocycles. The Hall–Kier alpha value is -1.71. The number of hydrogen-bond acceptors (Lipinski definition) is 1. The minimum Gasteiger partial charge on any atom is -0.374 e. The van der Waals surface area contributed by atoms with Gasteiger partial charge in [-0.15, -0.1) is 0 Å². The molecule has 0 atom stereocenters. The van der Waals surface area contributed by atoms with Crippen LogP contribution in [0.25, 0.3) is 11.4 Å². The Bertz CT molecular complexity index is 677. The predicted molar refractivity (Wildman–Crippen MR) is 87.6 cm³/mol. The number of imidazole rings is 1. The van der Waals surface area contributed by atoms with E-state index < -0.39 is 0 Å². The smallest absolute Gasteiger partial charge is 0.374 e. The van der Waals surface area contributed by atoms with Crippen LogP contribution in [0.1, 0.15) is 31.2 Å². The van der Waals surface area contributed by atoms with Gasteiger partial charge in [0.25, 0.3) is 5.82 Å². The van der Waals surface area contributed by atoms with Crippen molar-refractivity contribution in [2.75, 3.05) is 11.4 Å². The van der Waals surface area contributed by atoms with Crippen LogP contribution in [0, 0.1) is 6.92 Å². The average molecular weight is 280 g/mol. The van der Waals surface area contributed by atoms with Crippen molar-refractivity contribution in [3.63, 3.8) is 0 Å². The summed E-state index contributed by atoms with van der Waals surface area (Å²) < 4.78 is 4.78. The van der Waals surface area contributed by atoms with Crippen LogP contribution in [-0.2, 0) is 7.05 Å². The zero-order valence-corrected chi connectivity index (χ0v) is 13.0. The summed E-state index contributed by atoms with van der Waals surface area (Å²) in [5.74, 6) is 1.37. The second kappa shape index (κ2) is 4.94. The van der Waals surface area contributed by atoms with Crippen molar-refractivity contribution in [2.45, 2.75) is 38.9 Å². The molecular formula is C17H23BN3+. The third-order valence-electron chi connectivity index (χ3n) is 5.11. The van der Waals surface area contributed by atoms with Crippen LogP contribution in [0.15, 0.2) is 30.6 Å². The summed E-state index contributed by atoms with van der Waals surface area (Å²) in [6.07, 6.45) is 11.1. The first kappa shape index (κ1) is 13.0. The fourth-order valence-electron chi connectivity index (χ4n) is 4.06. The van der Waals surface area contributed by atoms with Crippen LogP contribution in [0.2, 0.25) is 6.32 Å². The number of aromatic nitrogens is 2. The van der Waals surface area contributed by atoms with E-state index >= 15 is 0 Å². The molecule has 0 radical (unpaired) electrons. The monoisotopic (exact) mass is 280 g/mol. The van der Waals surface area contributed by atoms with E-state index in [2.05, 4.69) is 58.4 Å². The molecule has 0 amide bonds. The van der Waals surface area contributed by atoms with Crippen molar-refractivity contribution < 1.29 is 4.48 Å². The molecule has 3 heterocycles. The van der Waals surface area contributed by atoms with E-state index in [1.165, 1.54) is 61.2 Å². The summed E-state index contributed by atoms with van der Waals surface area (Å²) in [6.45, 7) is 3.92. The number of aryl methyl sites for hydroxylation is 2. The van der Waals surface area contributed by atoms with Gasteiger partial charge in [0.1, 0.15) is 12.4 Å². The van der Waals surface area contributed by atoms with E-state index in [0.717, 1.165) is 0 Å². The lowest BCUT2D eigenvalue weighted by atomic mass is 9.64. The normalized spacial score (nSPS) is 17.6. The second-order valence-corrected chi connectivity index (χ2v) is 6.49. The number of anilines is 1. The molecule has 4 heteroatoms. The fraction of sp³-hybridized carbons (Fsp3) is 0.471. The highest BCUT2D eigenvalue weighted by Gasteiger charge is 2.42. The number of nitrogens with zero attached hydrogens (tertiary/aromatic N) is 3. The average Bonchev–Trinajstić information content (AvgIpc) is 2.81. The molecule has 2 aromatic rings. The Morgan fingerprint density at radius 2 is 2.00 bits per heavy atom. The fourth-order valence-corrected chi connectivity index (χ4v) is 4.06. The first-order valence-corrected chi connectivity index (χ1v) is 8.20. The highest BCUT2D eigenvalue weighted by molar-refractivity contribution is 6.55. The molecule has 21 heavy (non-hydrogen) atoms. The van der Waals surface area contributed by atoms with Crippen LogP contribution < -0.4 is 9.29 Å². The zero-order chi connectivity index (χ0) is 14.4. The van der Waals surface area contributed by atoms with Gasteiger partial charge in [-0.3, -0.25) is 4.48 Å². The molecule has 1 aromatic heterocycles. The van der Waals surface area contributed by atoms with Gasteiger partial charge in [0.05, 0.1) is 12.6 Å². The van der Waals surface area contributed by atoms with E-state index in [0.29, 0.717) is 6.98 Å². The van der Waals surface area contributed by atoms with Crippen molar-refractivity contribution in [1.29, 1.82) is 0 Å². The minimum absolute atomic E-state index is 0.496. The molecule has 3 nitrogen and oxygen atoms in total. The van der Waals surface area contributed by atoms with Crippen LogP contribution in [0.3, 0.4) is 0 Å². The zero-order valence-electron chi connectivity index (χ0n) is 13.0. The number of hydrogen-bond donors (Lipinski definition) is 0. The van der Waals surface area contributed by atoms with Crippen LogP contribution in [-0.4, -0.2) is 18.1 Å². The van der Waals surface area contributed by atoms with Gasteiger partial charge in [0, 0.05) is 12.2 Å². The Morgan fingerprint density at radius 1 is 1.14 bits per heavy atom. The molecular weight excluding hydrogens is 257 g/mol. The Balaban J connectivity index is 1.95. The molecule has 0 N–H and O–H groups in total. The Morgan fingerprint density at radius 3 is 2.90 bits per heavy atom. The van der Waals surface area contributed by atoms with Gasteiger partial charge in [-0.25, -0.2) is 4.57 Å². The lowest BCUT2D eigenvalue weighted by Crippen LogP contribution is -2.65. The summed E-state index contributed by atoms with van der Waals surface area (Å²) in [6, 6.07) is 6.76. The first-order chi connectivity index (χ1) is 10.3. The maximum Gasteiger partial charge on any atom is 0.501 e. The van der Waals surface area contributed by atoms with Crippen LogP contribution >= 0.6 is 0 Å². The highest BCUT2D eigenvalue weighted by Crippen LogP contribution is 2.37. The number of rotatable bonds is 0. The SMILES string of the molecule is Cc1cccc2c1-c1n(C)cc[n+]1B1CCCCCCN12. The van der Waals surface area contributed by atoms with Crippen LogP contribution in [0.4, 0.5) is 5.69 Å². The molecule has 0 unspecified atom stereocenters. The van der Waals surface area contributed by atoms with Gasteiger partial charge in [-0.1, -0.05) is 31.4 Å². The number of fused-ring (bicyclic) bond motifs is 6. The Kier molecular flexibility index (Phi) is 3.05. The largest absolute Gasteiger partial charge is 0.501 e. The molecule has 1 fully saturated rings. The van der Waals surface area contributed by atoms with E-state index in [-0.39, 0.29) is 0 Å². The predicted octanol–water partition coefficient (Wildman–Crippen LogP) is 3.02. The van der Waals surface area contributed by atoms with Crippen LogP contribution in [0.5, 0.6) is 0 Å². The van der Waals surface area contributed by atoms with Crippen molar-refractivity contribution in [1.82, 2.24) is 4.57 Å². The van der Waals surface area contributed by atoms with Crippen molar-refractivity contribution in [3.05, 3.63) is 36.2 Å². The standard InChI is InChI=1S/C17H23BN3/c1-14-8-7-9-15-16(14)17-19(2)12-13-21(17)18-10-5-3-4-6-11-20(15)18/h7-9,12-13H,3-6,10-11H2,1-2H3/q+1. The first-order valence-electron chi connectivity index (χ1n) is 8.20. The minimum atomic E-state index is 0.496. The molecule has 2 aliphatic rings. The van der Waals surface area contributed by atoms with E-state index in [1.54, 1.807) is 0 Å². The van der Waals surface area contributed by atoms with Gasteiger partial charge >= 0.3 is 6.98 Å². The van der Waals surface area contributed by atoms with Crippen molar-refractivity contribution in [3.8, 4) is 11.4 Å². The molecule has 0 aliphatic carbocycles. The van der Waals surface area contributed by atoms with E-state index in [4.69, 9.17) is 0 Å². The molecule has 0 spiro atoms. The van der Waals surface area contributed by atoms with Crippen molar-refractivity contribution >= 4 is 12.7 Å². The molecule has 0 bridgehead atoms. The maximum atomic E-state index is 2.65. The molecule has 108 valence electrons. The third kappa shape index (κ3) is 1.92. The lowest BCUT2D eigenvalue weighted by Gasteiger charge is -2.35. The summed E-state index contributed by atoms with van der Waals surface area (Å²) in [5.41, 5.74) is 4.23. The van der Waals surface area contributed by atoms with Gasteiger partial charge in [-0.2, -0.15) is 0 Å². The van der Waals surface area contributed by atoms with E-state index in [1.807, 2.05) is 0 Å². The molecule has 0 saturated carbocycles.